The number of nitrogens with zero attached hydrogens (tertiary/aromatic N) is 2. The van der Waals surface area contributed by atoms with Gasteiger partial charge in [-0.3, -0.25) is 0 Å². The highest BCUT2D eigenvalue weighted by Crippen LogP contribution is 2.28. The Hall–Kier alpha value is -3.08. The molecular weight excluding hydrogens is 379 g/mol. The van der Waals surface area contributed by atoms with E-state index in [9.17, 15) is 4.39 Å². The van der Waals surface area contributed by atoms with Gasteiger partial charge in [-0.25, -0.2) is 4.39 Å². The van der Waals surface area contributed by atoms with Crippen molar-refractivity contribution in [2.75, 3.05) is 24.6 Å². The van der Waals surface area contributed by atoms with Gasteiger partial charge in [-0.15, -0.1) is 0 Å². The summed E-state index contributed by atoms with van der Waals surface area (Å²) < 4.78 is 24.7. The first-order valence-electron chi connectivity index (χ1n) is 10.4. The van der Waals surface area contributed by atoms with E-state index in [4.69, 9.17) is 9.26 Å². The number of hydrogen-bond donors (Lipinski definition) is 0. The van der Waals surface area contributed by atoms with Crippen molar-refractivity contribution in [2.45, 2.75) is 33.1 Å². The second-order valence-corrected chi connectivity index (χ2v) is 7.79. The van der Waals surface area contributed by atoms with E-state index in [0.717, 1.165) is 59.9 Å². The van der Waals surface area contributed by atoms with Crippen molar-refractivity contribution in [1.29, 1.82) is 0 Å². The fourth-order valence-electron chi connectivity index (χ4n) is 3.75. The second-order valence-electron chi connectivity index (χ2n) is 7.79. The van der Waals surface area contributed by atoms with Crippen LogP contribution in [-0.2, 0) is 6.42 Å². The van der Waals surface area contributed by atoms with Gasteiger partial charge in [0.05, 0.1) is 12.3 Å². The largest absolute Gasteiger partial charge is 0.493 e. The van der Waals surface area contributed by atoms with Crippen LogP contribution in [-0.4, -0.2) is 24.9 Å². The number of ether oxygens (including phenoxy) is 1. The van der Waals surface area contributed by atoms with Crippen LogP contribution in [0.2, 0.25) is 0 Å². The summed E-state index contributed by atoms with van der Waals surface area (Å²) in [6, 6.07) is 14.8. The van der Waals surface area contributed by atoms with Crippen LogP contribution in [0.3, 0.4) is 0 Å². The van der Waals surface area contributed by atoms with Crippen molar-refractivity contribution >= 4 is 12.0 Å². The zero-order valence-corrected chi connectivity index (χ0v) is 17.5. The first-order valence-corrected chi connectivity index (χ1v) is 10.4. The minimum atomic E-state index is -0.208. The lowest BCUT2D eigenvalue weighted by Gasteiger charge is -2.28. The summed E-state index contributed by atoms with van der Waals surface area (Å²) in [5.41, 5.74) is 5.61. The molecule has 0 radical (unpaired) electrons. The highest BCUT2D eigenvalue weighted by atomic mass is 19.1. The molecule has 0 saturated carbocycles. The second kappa shape index (κ2) is 9.16. The van der Waals surface area contributed by atoms with Gasteiger partial charge < -0.3 is 14.2 Å². The Kier molecular flexibility index (Phi) is 6.17. The van der Waals surface area contributed by atoms with E-state index in [0.29, 0.717) is 13.0 Å². The molecule has 4 rings (SSSR count). The number of rotatable bonds is 6. The van der Waals surface area contributed by atoms with E-state index < -0.39 is 0 Å². The fourth-order valence-corrected chi connectivity index (χ4v) is 3.75. The molecule has 0 amide bonds. The van der Waals surface area contributed by atoms with Crippen molar-refractivity contribution in [3.05, 3.63) is 82.3 Å². The Morgan fingerprint density at radius 3 is 2.63 bits per heavy atom. The molecule has 3 aromatic rings. The number of benzene rings is 2. The molecule has 5 heteroatoms. The van der Waals surface area contributed by atoms with Gasteiger partial charge in [0.25, 0.3) is 0 Å². The van der Waals surface area contributed by atoms with Crippen molar-refractivity contribution in [3.8, 4) is 5.75 Å². The lowest BCUT2D eigenvalue weighted by atomic mass is 10.0. The maximum atomic E-state index is 13.3. The van der Waals surface area contributed by atoms with E-state index in [-0.39, 0.29) is 5.82 Å². The van der Waals surface area contributed by atoms with Gasteiger partial charge in [0.1, 0.15) is 11.6 Å². The van der Waals surface area contributed by atoms with Gasteiger partial charge in [-0.05, 0) is 62.1 Å². The van der Waals surface area contributed by atoms with E-state index in [1.54, 1.807) is 12.1 Å². The maximum Gasteiger partial charge on any atom is 0.230 e. The average Bonchev–Trinajstić information content (AvgIpc) is 3.08. The molecule has 0 aliphatic carbocycles. The fraction of sp³-hybridized carbons (Fsp3) is 0.320. The molecule has 1 fully saturated rings. The smallest absolute Gasteiger partial charge is 0.230 e. The summed E-state index contributed by atoms with van der Waals surface area (Å²) in [5.74, 6) is 1.53. The molecule has 0 atom stereocenters. The van der Waals surface area contributed by atoms with Gasteiger partial charge in [0.15, 0.2) is 0 Å². The Bertz CT molecular complexity index is 1030. The monoisotopic (exact) mass is 406 g/mol. The highest BCUT2D eigenvalue weighted by Gasteiger charge is 2.20. The highest BCUT2D eigenvalue weighted by molar-refractivity contribution is 5.56. The van der Waals surface area contributed by atoms with E-state index in [1.165, 1.54) is 11.6 Å². The third-order valence-corrected chi connectivity index (χ3v) is 5.60. The standard InChI is InChI=1S/C25H27FN2O2/c1-18-19(2)27-30-25(18)28-12-9-21(10-13-28)15-22-6-4-8-24(17-22)29-14-11-20-5-3-7-23(26)16-20/h3-8,15-17H,9-14H2,1-2H3. The third-order valence-electron chi connectivity index (χ3n) is 5.60. The Morgan fingerprint density at radius 1 is 1.10 bits per heavy atom. The van der Waals surface area contributed by atoms with Crippen LogP contribution in [0.15, 0.2) is 58.6 Å². The number of aryl methyl sites for hydroxylation is 1. The molecule has 0 N–H and O–H groups in total. The Morgan fingerprint density at radius 2 is 1.90 bits per heavy atom. The van der Waals surface area contributed by atoms with Crippen LogP contribution in [0, 0.1) is 19.7 Å². The molecule has 1 saturated heterocycles. The summed E-state index contributed by atoms with van der Waals surface area (Å²) in [6.45, 7) is 6.43. The van der Waals surface area contributed by atoms with Crippen LogP contribution >= 0.6 is 0 Å². The Balaban J connectivity index is 1.32. The maximum absolute atomic E-state index is 13.3. The molecule has 1 aliphatic rings. The van der Waals surface area contributed by atoms with E-state index in [2.05, 4.69) is 35.2 Å². The molecule has 0 spiro atoms. The van der Waals surface area contributed by atoms with Gasteiger partial charge in [-0.1, -0.05) is 41.1 Å². The summed E-state index contributed by atoms with van der Waals surface area (Å²) in [6.07, 6.45) is 4.95. The summed E-state index contributed by atoms with van der Waals surface area (Å²) in [4.78, 5) is 2.28. The molecule has 0 unspecified atom stereocenters. The summed E-state index contributed by atoms with van der Waals surface area (Å²) in [5, 5.41) is 4.07. The normalized spacial score (nSPS) is 14.1. The van der Waals surface area contributed by atoms with E-state index in [1.807, 2.05) is 25.1 Å². The predicted molar refractivity (Wildman–Crippen MR) is 117 cm³/mol. The first-order chi connectivity index (χ1) is 14.6. The van der Waals surface area contributed by atoms with Crippen LogP contribution in [0.1, 0.15) is 35.2 Å². The van der Waals surface area contributed by atoms with Gasteiger partial charge in [0, 0.05) is 25.1 Å². The molecule has 156 valence electrons. The number of halogens is 1. The third kappa shape index (κ3) is 4.90. The Labute approximate surface area is 177 Å². The van der Waals surface area contributed by atoms with Crippen molar-refractivity contribution in [3.63, 3.8) is 0 Å². The summed E-state index contributed by atoms with van der Waals surface area (Å²) >= 11 is 0. The number of aromatic nitrogens is 1. The van der Waals surface area contributed by atoms with E-state index >= 15 is 0 Å². The van der Waals surface area contributed by atoms with Crippen molar-refractivity contribution in [1.82, 2.24) is 5.16 Å². The molecule has 2 aromatic carbocycles. The molecule has 2 heterocycles. The van der Waals surface area contributed by atoms with Crippen molar-refractivity contribution < 1.29 is 13.7 Å². The van der Waals surface area contributed by atoms with Crippen LogP contribution in [0.4, 0.5) is 10.3 Å². The average molecular weight is 407 g/mol. The topological polar surface area (TPSA) is 38.5 Å². The van der Waals surface area contributed by atoms with Crippen LogP contribution in [0.25, 0.3) is 6.08 Å². The molecule has 30 heavy (non-hydrogen) atoms. The molecular formula is C25H27FN2O2. The lowest BCUT2D eigenvalue weighted by molar-refractivity contribution is 0.321. The predicted octanol–water partition coefficient (Wildman–Crippen LogP) is 5.74. The lowest BCUT2D eigenvalue weighted by Crippen LogP contribution is -2.30. The zero-order chi connectivity index (χ0) is 20.9. The number of hydrogen-bond acceptors (Lipinski definition) is 4. The van der Waals surface area contributed by atoms with Crippen LogP contribution < -0.4 is 9.64 Å². The number of anilines is 1. The minimum Gasteiger partial charge on any atom is -0.493 e. The molecule has 1 aromatic heterocycles. The van der Waals surface area contributed by atoms with Gasteiger partial charge >= 0.3 is 0 Å². The molecule has 1 aliphatic heterocycles. The quantitative estimate of drug-likeness (QED) is 0.524. The number of piperidine rings is 1. The first kappa shape index (κ1) is 20.2. The molecule has 4 nitrogen and oxygen atoms in total. The van der Waals surface area contributed by atoms with Crippen LogP contribution in [0.5, 0.6) is 5.75 Å². The minimum absolute atomic E-state index is 0.208. The van der Waals surface area contributed by atoms with Gasteiger partial charge in [0.2, 0.25) is 5.88 Å². The zero-order valence-electron chi connectivity index (χ0n) is 17.5. The SMILES string of the molecule is Cc1noc(N2CCC(=Cc3cccc(OCCc4cccc(F)c4)c3)CC2)c1C. The van der Waals surface area contributed by atoms with Gasteiger partial charge in [-0.2, -0.15) is 0 Å². The summed E-state index contributed by atoms with van der Waals surface area (Å²) in [7, 11) is 0. The van der Waals surface area contributed by atoms with Crippen molar-refractivity contribution in [2.24, 2.45) is 0 Å². The molecule has 0 bridgehead atoms.